The molecule has 0 N–H and O–H groups in total. The molecule has 100 valence electrons. The first-order valence-electron chi connectivity index (χ1n) is 6.15. The van der Waals surface area contributed by atoms with E-state index in [2.05, 4.69) is 21.8 Å². The van der Waals surface area contributed by atoms with Gasteiger partial charge < -0.3 is 9.64 Å². The van der Waals surface area contributed by atoms with E-state index >= 15 is 0 Å². The molecule has 0 saturated carbocycles. The molecule has 1 aromatic heterocycles. The van der Waals surface area contributed by atoms with E-state index in [1.165, 1.54) is 6.33 Å². The molecule has 2 aromatic rings. The first-order chi connectivity index (χ1) is 9.19. The van der Waals surface area contributed by atoms with Crippen molar-refractivity contribution in [1.82, 2.24) is 9.97 Å². The SMILES string of the molecule is CCCN(C)c1cc(Oc2ccc(Cl)cc2)ncn1. The lowest BCUT2D eigenvalue weighted by Gasteiger charge is -2.17. The van der Waals surface area contributed by atoms with E-state index in [1.807, 2.05) is 13.1 Å². The molecule has 0 fully saturated rings. The largest absolute Gasteiger partial charge is 0.439 e. The average Bonchev–Trinajstić information content (AvgIpc) is 2.42. The van der Waals surface area contributed by atoms with Gasteiger partial charge in [-0.05, 0) is 30.7 Å². The summed E-state index contributed by atoms with van der Waals surface area (Å²) in [4.78, 5) is 10.4. The fourth-order valence-corrected chi connectivity index (χ4v) is 1.79. The number of nitrogens with zero attached hydrogens (tertiary/aromatic N) is 3. The maximum atomic E-state index is 5.83. The Morgan fingerprint density at radius 3 is 2.63 bits per heavy atom. The van der Waals surface area contributed by atoms with E-state index in [1.54, 1.807) is 24.3 Å². The molecule has 5 heteroatoms. The predicted octanol–water partition coefficient (Wildman–Crippen LogP) is 3.77. The van der Waals surface area contributed by atoms with E-state index in [4.69, 9.17) is 16.3 Å². The first-order valence-corrected chi connectivity index (χ1v) is 6.53. The minimum atomic E-state index is 0.523. The summed E-state index contributed by atoms with van der Waals surface area (Å²) < 4.78 is 5.67. The summed E-state index contributed by atoms with van der Waals surface area (Å²) in [6.07, 6.45) is 2.57. The van der Waals surface area contributed by atoms with E-state index in [0.717, 1.165) is 18.8 Å². The van der Waals surface area contributed by atoms with Crippen molar-refractivity contribution in [2.75, 3.05) is 18.5 Å². The van der Waals surface area contributed by atoms with E-state index in [0.29, 0.717) is 16.7 Å². The van der Waals surface area contributed by atoms with Crippen LogP contribution in [0.25, 0.3) is 0 Å². The molecule has 0 amide bonds. The Morgan fingerprint density at radius 2 is 1.95 bits per heavy atom. The molecule has 19 heavy (non-hydrogen) atoms. The second-order valence-corrected chi connectivity index (χ2v) is 4.63. The lowest BCUT2D eigenvalue weighted by Crippen LogP contribution is -2.19. The maximum Gasteiger partial charge on any atom is 0.224 e. The Morgan fingerprint density at radius 1 is 1.21 bits per heavy atom. The van der Waals surface area contributed by atoms with Crippen molar-refractivity contribution in [3.05, 3.63) is 41.7 Å². The van der Waals surface area contributed by atoms with Crippen molar-refractivity contribution >= 4 is 17.4 Å². The summed E-state index contributed by atoms with van der Waals surface area (Å²) in [6, 6.07) is 8.99. The topological polar surface area (TPSA) is 38.2 Å². The van der Waals surface area contributed by atoms with Gasteiger partial charge in [0.2, 0.25) is 5.88 Å². The smallest absolute Gasteiger partial charge is 0.224 e. The van der Waals surface area contributed by atoms with Crippen molar-refractivity contribution < 1.29 is 4.74 Å². The van der Waals surface area contributed by atoms with Crippen LogP contribution in [0, 0.1) is 0 Å². The van der Waals surface area contributed by atoms with Crippen molar-refractivity contribution in [2.45, 2.75) is 13.3 Å². The summed E-state index contributed by atoms with van der Waals surface area (Å²) in [7, 11) is 2.00. The molecule has 2 rings (SSSR count). The zero-order valence-electron chi connectivity index (χ0n) is 11.0. The lowest BCUT2D eigenvalue weighted by molar-refractivity contribution is 0.461. The van der Waals surface area contributed by atoms with E-state index in [9.17, 15) is 0 Å². The van der Waals surface area contributed by atoms with Gasteiger partial charge in [0.05, 0.1) is 0 Å². The van der Waals surface area contributed by atoms with Crippen LogP contribution in [0.4, 0.5) is 5.82 Å². The Hall–Kier alpha value is -1.81. The number of benzene rings is 1. The van der Waals surface area contributed by atoms with Gasteiger partial charge in [0.1, 0.15) is 17.9 Å². The first kappa shape index (κ1) is 13.6. The van der Waals surface area contributed by atoms with E-state index in [-0.39, 0.29) is 0 Å². The molecule has 0 aliphatic heterocycles. The Bertz CT molecular complexity index is 530. The summed E-state index contributed by atoms with van der Waals surface area (Å²) in [5.41, 5.74) is 0. The van der Waals surface area contributed by atoms with Crippen LogP contribution in [0.15, 0.2) is 36.7 Å². The van der Waals surface area contributed by atoms with Crippen LogP contribution in [0.2, 0.25) is 5.02 Å². The number of hydrogen-bond donors (Lipinski definition) is 0. The summed E-state index contributed by atoms with van der Waals surface area (Å²) in [5, 5.41) is 0.679. The standard InChI is InChI=1S/C14H16ClN3O/c1-3-8-18(2)13-9-14(17-10-16-13)19-12-6-4-11(15)5-7-12/h4-7,9-10H,3,8H2,1-2H3. The van der Waals surface area contributed by atoms with Gasteiger partial charge in [-0.1, -0.05) is 18.5 Å². The second kappa shape index (κ2) is 6.38. The Labute approximate surface area is 118 Å². The van der Waals surface area contributed by atoms with Gasteiger partial charge in [-0.3, -0.25) is 0 Å². The minimum absolute atomic E-state index is 0.523. The predicted molar refractivity (Wildman–Crippen MR) is 77.1 cm³/mol. The van der Waals surface area contributed by atoms with Crippen LogP contribution in [-0.2, 0) is 0 Å². The van der Waals surface area contributed by atoms with Crippen LogP contribution in [0.3, 0.4) is 0 Å². The van der Waals surface area contributed by atoms with Crippen LogP contribution < -0.4 is 9.64 Å². The molecule has 4 nitrogen and oxygen atoms in total. The zero-order valence-corrected chi connectivity index (χ0v) is 11.8. The molecule has 1 heterocycles. The Kier molecular flexibility index (Phi) is 4.58. The zero-order chi connectivity index (χ0) is 13.7. The molecule has 0 radical (unpaired) electrons. The molecule has 0 aliphatic rings. The van der Waals surface area contributed by atoms with Gasteiger partial charge in [-0.2, -0.15) is 0 Å². The molecule has 0 atom stereocenters. The summed E-state index contributed by atoms with van der Waals surface area (Å²) in [6.45, 7) is 3.07. The normalized spacial score (nSPS) is 10.3. The Balaban J connectivity index is 2.12. The molecule has 1 aromatic carbocycles. The molecule has 0 saturated heterocycles. The molecule has 0 unspecified atom stereocenters. The van der Waals surface area contributed by atoms with Gasteiger partial charge in [-0.15, -0.1) is 0 Å². The number of ether oxygens (including phenoxy) is 1. The van der Waals surface area contributed by atoms with Crippen molar-refractivity contribution in [1.29, 1.82) is 0 Å². The molecule has 0 spiro atoms. The fraction of sp³-hybridized carbons (Fsp3) is 0.286. The number of rotatable bonds is 5. The number of halogens is 1. The lowest BCUT2D eigenvalue weighted by atomic mass is 10.3. The highest BCUT2D eigenvalue weighted by Crippen LogP contribution is 2.23. The monoisotopic (exact) mass is 277 g/mol. The minimum Gasteiger partial charge on any atom is -0.439 e. The number of hydrogen-bond acceptors (Lipinski definition) is 4. The van der Waals surface area contributed by atoms with Gasteiger partial charge >= 0.3 is 0 Å². The van der Waals surface area contributed by atoms with Crippen molar-refractivity contribution in [2.24, 2.45) is 0 Å². The molecule has 0 bridgehead atoms. The van der Waals surface area contributed by atoms with Gasteiger partial charge in [0, 0.05) is 24.7 Å². The van der Waals surface area contributed by atoms with Crippen molar-refractivity contribution in [3.63, 3.8) is 0 Å². The molecular weight excluding hydrogens is 262 g/mol. The summed E-state index contributed by atoms with van der Waals surface area (Å²) >= 11 is 5.83. The third kappa shape index (κ3) is 3.83. The van der Waals surface area contributed by atoms with Crippen LogP contribution in [0.5, 0.6) is 11.6 Å². The molecular formula is C14H16ClN3O. The van der Waals surface area contributed by atoms with Gasteiger partial charge in [0.15, 0.2) is 0 Å². The third-order valence-corrected chi connectivity index (χ3v) is 2.87. The number of aromatic nitrogens is 2. The van der Waals surface area contributed by atoms with Gasteiger partial charge in [-0.25, -0.2) is 9.97 Å². The fourth-order valence-electron chi connectivity index (χ4n) is 1.67. The third-order valence-electron chi connectivity index (χ3n) is 2.61. The van der Waals surface area contributed by atoms with Crippen LogP contribution in [-0.4, -0.2) is 23.6 Å². The number of anilines is 1. The summed E-state index contributed by atoms with van der Waals surface area (Å²) in [5.74, 6) is 2.07. The quantitative estimate of drug-likeness (QED) is 0.834. The van der Waals surface area contributed by atoms with Crippen molar-refractivity contribution in [3.8, 4) is 11.6 Å². The van der Waals surface area contributed by atoms with Crippen LogP contribution in [0.1, 0.15) is 13.3 Å². The van der Waals surface area contributed by atoms with Crippen LogP contribution >= 0.6 is 11.6 Å². The maximum absolute atomic E-state index is 5.83. The average molecular weight is 278 g/mol. The van der Waals surface area contributed by atoms with Gasteiger partial charge in [0.25, 0.3) is 0 Å². The highest BCUT2D eigenvalue weighted by molar-refractivity contribution is 6.30. The second-order valence-electron chi connectivity index (χ2n) is 4.19. The van der Waals surface area contributed by atoms with E-state index < -0.39 is 0 Å². The highest BCUT2D eigenvalue weighted by Gasteiger charge is 2.05. The molecule has 0 aliphatic carbocycles. The highest BCUT2D eigenvalue weighted by atomic mass is 35.5.